The summed E-state index contributed by atoms with van der Waals surface area (Å²) in [7, 11) is -2.77. The molecule has 106 valence electrons. The minimum atomic E-state index is -2.77. The summed E-state index contributed by atoms with van der Waals surface area (Å²) in [6.07, 6.45) is 6.54. The fourth-order valence-electron chi connectivity index (χ4n) is 3.20. The first-order valence-corrected chi connectivity index (χ1v) is 8.96. The average Bonchev–Trinajstić information content (AvgIpc) is 2.88. The van der Waals surface area contributed by atoms with Crippen molar-refractivity contribution in [2.24, 2.45) is 11.8 Å². The molecule has 0 bridgehead atoms. The second kappa shape index (κ2) is 6.35. The van der Waals surface area contributed by atoms with Gasteiger partial charge in [0.1, 0.15) is 0 Å². The van der Waals surface area contributed by atoms with Gasteiger partial charge >= 0.3 is 0 Å². The van der Waals surface area contributed by atoms with Crippen LogP contribution in [0.15, 0.2) is 0 Å². The summed E-state index contributed by atoms with van der Waals surface area (Å²) < 4.78 is 22.6. The van der Waals surface area contributed by atoms with Gasteiger partial charge in [0.05, 0.1) is 17.6 Å². The van der Waals surface area contributed by atoms with Gasteiger partial charge in [-0.05, 0) is 31.2 Å². The fourth-order valence-corrected chi connectivity index (χ4v) is 5.06. The molecule has 2 N–H and O–H groups in total. The first-order valence-electron chi connectivity index (χ1n) is 7.14. The lowest BCUT2D eigenvalue weighted by Crippen LogP contribution is -2.32. The van der Waals surface area contributed by atoms with E-state index in [0.29, 0.717) is 24.0 Å². The molecule has 4 nitrogen and oxygen atoms in total. The van der Waals surface area contributed by atoms with Crippen LogP contribution in [0.1, 0.15) is 38.5 Å². The van der Waals surface area contributed by atoms with Crippen LogP contribution < -0.4 is 5.32 Å². The number of aliphatic hydroxyl groups excluding tert-OH is 1. The summed E-state index contributed by atoms with van der Waals surface area (Å²) in [4.78, 5) is 0. The van der Waals surface area contributed by atoms with Crippen LogP contribution in [0.25, 0.3) is 0 Å². The summed E-state index contributed by atoms with van der Waals surface area (Å²) in [6, 6.07) is 0. The molecule has 1 aliphatic carbocycles. The Labute approximate surface area is 110 Å². The monoisotopic (exact) mass is 275 g/mol. The van der Waals surface area contributed by atoms with Crippen LogP contribution in [0, 0.1) is 11.8 Å². The molecule has 2 atom stereocenters. The molecule has 1 aliphatic heterocycles. The molecule has 1 heterocycles. The van der Waals surface area contributed by atoms with E-state index in [1.165, 1.54) is 25.7 Å². The molecular formula is C13H25NO3S. The van der Waals surface area contributed by atoms with E-state index in [2.05, 4.69) is 5.32 Å². The fraction of sp³-hybridized carbons (Fsp3) is 1.00. The van der Waals surface area contributed by atoms with Crippen molar-refractivity contribution >= 4 is 9.84 Å². The summed E-state index contributed by atoms with van der Waals surface area (Å²) >= 11 is 0. The largest absolute Gasteiger partial charge is 0.392 e. The van der Waals surface area contributed by atoms with Crippen LogP contribution in [0.4, 0.5) is 0 Å². The molecule has 2 fully saturated rings. The van der Waals surface area contributed by atoms with Crippen molar-refractivity contribution in [3.8, 4) is 0 Å². The third-order valence-electron chi connectivity index (χ3n) is 4.22. The van der Waals surface area contributed by atoms with E-state index >= 15 is 0 Å². The number of rotatable bonds is 6. The van der Waals surface area contributed by atoms with Crippen LogP contribution in [0.2, 0.25) is 0 Å². The molecule has 2 aliphatic rings. The molecule has 18 heavy (non-hydrogen) atoms. The maximum Gasteiger partial charge on any atom is 0.150 e. The number of sulfone groups is 1. The molecule has 5 heteroatoms. The first-order chi connectivity index (χ1) is 8.55. The summed E-state index contributed by atoms with van der Waals surface area (Å²) in [6.45, 7) is 1.33. The van der Waals surface area contributed by atoms with Crippen molar-refractivity contribution in [1.82, 2.24) is 5.32 Å². The zero-order chi connectivity index (χ0) is 13.0. The molecule has 0 radical (unpaired) electrons. The van der Waals surface area contributed by atoms with E-state index in [-0.39, 0.29) is 12.0 Å². The van der Waals surface area contributed by atoms with Crippen LogP contribution in [-0.4, -0.2) is 44.2 Å². The molecule has 0 aromatic rings. The Hall–Kier alpha value is -0.130. The van der Waals surface area contributed by atoms with Crippen molar-refractivity contribution in [1.29, 1.82) is 0 Å². The Morgan fingerprint density at radius 1 is 1.17 bits per heavy atom. The minimum absolute atomic E-state index is 0.244. The highest BCUT2D eigenvalue weighted by molar-refractivity contribution is 7.91. The molecule has 0 amide bonds. The highest BCUT2D eigenvalue weighted by Crippen LogP contribution is 2.28. The molecular weight excluding hydrogens is 250 g/mol. The Morgan fingerprint density at radius 2 is 1.89 bits per heavy atom. The zero-order valence-corrected chi connectivity index (χ0v) is 11.8. The number of hydrogen-bond donors (Lipinski definition) is 2. The lowest BCUT2D eigenvalue weighted by molar-refractivity contribution is 0.139. The van der Waals surface area contributed by atoms with Gasteiger partial charge in [-0.1, -0.05) is 25.7 Å². The van der Waals surface area contributed by atoms with Crippen molar-refractivity contribution in [2.45, 2.75) is 44.6 Å². The van der Waals surface area contributed by atoms with Gasteiger partial charge < -0.3 is 10.4 Å². The Bertz CT molecular complexity index is 349. The van der Waals surface area contributed by atoms with Crippen molar-refractivity contribution in [3.63, 3.8) is 0 Å². The van der Waals surface area contributed by atoms with E-state index in [9.17, 15) is 13.5 Å². The smallest absolute Gasteiger partial charge is 0.150 e. The molecule has 2 unspecified atom stereocenters. The van der Waals surface area contributed by atoms with Gasteiger partial charge in [0.15, 0.2) is 9.84 Å². The van der Waals surface area contributed by atoms with Crippen LogP contribution in [0.3, 0.4) is 0 Å². The van der Waals surface area contributed by atoms with Crippen molar-refractivity contribution < 1.29 is 13.5 Å². The van der Waals surface area contributed by atoms with E-state index in [1.54, 1.807) is 0 Å². The molecule has 0 aromatic carbocycles. The summed E-state index contributed by atoms with van der Waals surface area (Å²) in [5.41, 5.74) is 0. The zero-order valence-electron chi connectivity index (χ0n) is 11.0. The summed E-state index contributed by atoms with van der Waals surface area (Å²) in [5, 5.41) is 13.1. The molecule has 1 saturated heterocycles. The molecule has 1 saturated carbocycles. The predicted octanol–water partition coefficient (Wildman–Crippen LogP) is 0.952. The van der Waals surface area contributed by atoms with Gasteiger partial charge in [0.2, 0.25) is 0 Å². The van der Waals surface area contributed by atoms with E-state index < -0.39 is 9.84 Å². The topological polar surface area (TPSA) is 66.4 Å². The number of aliphatic hydroxyl groups is 1. The van der Waals surface area contributed by atoms with Gasteiger partial charge in [-0.3, -0.25) is 0 Å². The maximum absolute atomic E-state index is 11.3. The highest BCUT2D eigenvalue weighted by atomic mass is 32.2. The highest BCUT2D eigenvalue weighted by Gasteiger charge is 2.27. The predicted molar refractivity (Wildman–Crippen MR) is 72.2 cm³/mol. The van der Waals surface area contributed by atoms with Gasteiger partial charge in [-0.15, -0.1) is 0 Å². The van der Waals surface area contributed by atoms with Crippen molar-refractivity contribution in [2.75, 3.05) is 24.6 Å². The lowest BCUT2D eigenvalue weighted by atomic mass is 10.00. The van der Waals surface area contributed by atoms with Crippen LogP contribution in [0.5, 0.6) is 0 Å². The van der Waals surface area contributed by atoms with Crippen LogP contribution >= 0.6 is 0 Å². The molecule has 0 spiro atoms. The normalized spacial score (nSPS) is 29.7. The second-order valence-electron chi connectivity index (χ2n) is 5.97. The Kier molecular flexibility index (Phi) is 5.04. The maximum atomic E-state index is 11.3. The van der Waals surface area contributed by atoms with Gasteiger partial charge in [0, 0.05) is 6.54 Å². The average molecular weight is 275 g/mol. The molecule has 0 aromatic heterocycles. The number of nitrogens with one attached hydrogen (secondary N) is 1. The van der Waals surface area contributed by atoms with Gasteiger partial charge in [-0.25, -0.2) is 8.42 Å². The third kappa shape index (κ3) is 4.52. The van der Waals surface area contributed by atoms with E-state index in [0.717, 1.165) is 19.4 Å². The minimum Gasteiger partial charge on any atom is -0.392 e. The van der Waals surface area contributed by atoms with Gasteiger partial charge in [-0.2, -0.15) is 0 Å². The standard InChI is InChI=1S/C13H25NO3S/c15-13(7-11-3-1-2-4-11)9-14-8-12-5-6-18(16,17)10-12/h11-15H,1-10H2. The summed E-state index contributed by atoms with van der Waals surface area (Å²) in [5.74, 6) is 1.60. The Morgan fingerprint density at radius 3 is 2.50 bits per heavy atom. The number of hydrogen-bond acceptors (Lipinski definition) is 4. The second-order valence-corrected chi connectivity index (χ2v) is 8.20. The van der Waals surface area contributed by atoms with Crippen LogP contribution in [-0.2, 0) is 9.84 Å². The van der Waals surface area contributed by atoms with Crippen molar-refractivity contribution in [3.05, 3.63) is 0 Å². The first kappa shape index (κ1) is 14.3. The SMILES string of the molecule is O=S1(=O)CCC(CNCC(O)CC2CCCC2)C1. The molecule has 2 rings (SSSR count). The van der Waals surface area contributed by atoms with E-state index in [1.807, 2.05) is 0 Å². The Balaban J connectivity index is 1.57. The lowest BCUT2D eigenvalue weighted by Gasteiger charge is -2.17. The van der Waals surface area contributed by atoms with Gasteiger partial charge in [0.25, 0.3) is 0 Å². The quantitative estimate of drug-likeness (QED) is 0.757. The third-order valence-corrected chi connectivity index (χ3v) is 6.06. The van der Waals surface area contributed by atoms with E-state index in [4.69, 9.17) is 0 Å².